The number of aliphatic imine (C=N–C) groups is 1. The van der Waals surface area contributed by atoms with E-state index in [4.69, 9.17) is 9.47 Å². The topological polar surface area (TPSA) is 54.9 Å². The van der Waals surface area contributed by atoms with Gasteiger partial charge in [-0.1, -0.05) is 6.07 Å². The van der Waals surface area contributed by atoms with Gasteiger partial charge in [0.2, 0.25) is 0 Å². The van der Waals surface area contributed by atoms with Crippen molar-refractivity contribution in [2.75, 3.05) is 27.8 Å². The second-order valence-electron chi connectivity index (χ2n) is 5.21. The molecule has 0 spiro atoms. The van der Waals surface area contributed by atoms with Crippen LogP contribution in [0, 0.1) is 5.82 Å². The third kappa shape index (κ3) is 5.59. The molecule has 0 saturated heterocycles. The molecule has 118 valence electrons. The van der Waals surface area contributed by atoms with E-state index < -0.39 is 0 Å². The molecule has 0 bridgehead atoms. The van der Waals surface area contributed by atoms with Crippen molar-refractivity contribution in [2.45, 2.75) is 26.0 Å². The summed E-state index contributed by atoms with van der Waals surface area (Å²) in [4.78, 5) is 4.12. The number of rotatable bonds is 6. The van der Waals surface area contributed by atoms with Crippen molar-refractivity contribution in [3.8, 4) is 5.75 Å². The summed E-state index contributed by atoms with van der Waals surface area (Å²) in [5.74, 6) is 0.500. The molecule has 0 amide bonds. The fourth-order valence-electron chi connectivity index (χ4n) is 1.59. The zero-order chi connectivity index (χ0) is 15.9. The fourth-order valence-corrected chi connectivity index (χ4v) is 1.59. The summed E-state index contributed by atoms with van der Waals surface area (Å²) in [5, 5.41) is 6.29. The first-order valence-corrected chi connectivity index (χ1v) is 6.74. The molecule has 0 saturated carbocycles. The first-order valence-electron chi connectivity index (χ1n) is 6.74. The van der Waals surface area contributed by atoms with Crippen LogP contribution in [0.3, 0.4) is 0 Å². The van der Waals surface area contributed by atoms with Gasteiger partial charge >= 0.3 is 0 Å². The minimum atomic E-state index is -0.375. The largest absolute Gasteiger partial charge is 0.494 e. The van der Waals surface area contributed by atoms with Crippen molar-refractivity contribution in [1.82, 2.24) is 10.6 Å². The SMILES string of the molecule is CN=C(NCc1ccc(OC)c(F)c1)NCC(C)(C)OC. The van der Waals surface area contributed by atoms with Crippen LogP contribution in [0.2, 0.25) is 0 Å². The van der Waals surface area contributed by atoms with Gasteiger partial charge in [-0.3, -0.25) is 4.99 Å². The molecule has 0 fully saturated rings. The Balaban J connectivity index is 2.54. The molecule has 6 heteroatoms. The standard InChI is InChI=1S/C15H24FN3O2/c1-15(2,21-5)10-19-14(17-3)18-9-11-6-7-13(20-4)12(16)8-11/h6-8H,9-10H2,1-5H3,(H2,17,18,19). The van der Waals surface area contributed by atoms with Gasteiger partial charge in [0.1, 0.15) is 0 Å². The highest BCUT2D eigenvalue weighted by Gasteiger charge is 2.16. The van der Waals surface area contributed by atoms with E-state index in [-0.39, 0.29) is 17.2 Å². The Kier molecular flexibility index (Phi) is 6.42. The van der Waals surface area contributed by atoms with Crippen molar-refractivity contribution >= 4 is 5.96 Å². The summed E-state index contributed by atoms with van der Waals surface area (Å²) in [6.45, 7) is 5.03. The molecule has 0 aliphatic heterocycles. The summed E-state index contributed by atoms with van der Waals surface area (Å²) in [5.41, 5.74) is 0.520. The molecule has 0 aromatic heterocycles. The van der Waals surface area contributed by atoms with E-state index in [1.54, 1.807) is 26.3 Å². The monoisotopic (exact) mass is 297 g/mol. The summed E-state index contributed by atoms with van der Waals surface area (Å²) < 4.78 is 23.8. The van der Waals surface area contributed by atoms with Crippen LogP contribution < -0.4 is 15.4 Å². The van der Waals surface area contributed by atoms with Crippen molar-refractivity contribution < 1.29 is 13.9 Å². The molecule has 2 N–H and O–H groups in total. The number of nitrogens with zero attached hydrogens (tertiary/aromatic N) is 1. The summed E-state index contributed by atoms with van der Waals surface area (Å²) in [7, 11) is 4.79. The maximum atomic E-state index is 13.6. The van der Waals surface area contributed by atoms with Crippen LogP contribution in [0.1, 0.15) is 19.4 Å². The number of guanidine groups is 1. The number of halogens is 1. The number of benzene rings is 1. The quantitative estimate of drug-likeness (QED) is 0.622. The van der Waals surface area contributed by atoms with Gasteiger partial charge in [-0.2, -0.15) is 0 Å². The van der Waals surface area contributed by atoms with Gasteiger partial charge in [0.25, 0.3) is 0 Å². The van der Waals surface area contributed by atoms with Crippen LogP contribution in [0.25, 0.3) is 0 Å². The van der Waals surface area contributed by atoms with E-state index >= 15 is 0 Å². The van der Waals surface area contributed by atoms with Crippen molar-refractivity contribution in [3.05, 3.63) is 29.6 Å². The zero-order valence-electron chi connectivity index (χ0n) is 13.3. The Hall–Kier alpha value is -1.82. The number of nitrogens with one attached hydrogen (secondary N) is 2. The Morgan fingerprint density at radius 2 is 2.00 bits per heavy atom. The summed E-state index contributed by atoms with van der Waals surface area (Å²) in [6, 6.07) is 4.86. The number of methoxy groups -OCH3 is 2. The lowest BCUT2D eigenvalue weighted by Crippen LogP contribution is -2.45. The van der Waals surface area contributed by atoms with Crippen molar-refractivity contribution in [3.63, 3.8) is 0 Å². The van der Waals surface area contributed by atoms with E-state index in [1.165, 1.54) is 13.2 Å². The lowest BCUT2D eigenvalue weighted by atomic mass is 10.1. The van der Waals surface area contributed by atoms with Crippen LogP contribution in [-0.2, 0) is 11.3 Å². The lowest BCUT2D eigenvalue weighted by Gasteiger charge is -2.24. The van der Waals surface area contributed by atoms with E-state index in [0.717, 1.165) is 5.56 Å². The van der Waals surface area contributed by atoms with E-state index in [1.807, 2.05) is 13.8 Å². The van der Waals surface area contributed by atoms with Crippen molar-refractivity contribution in [2.24, 2.45) is 4.99 Å². The van der Waals surface area contributed by atoms with E-state index in [0.29, 0.717) is 19.0 Å². The van der Waals surface area contributed by atoms with E-state index in [9.17, 15) is 4.39 Å². The normalized spacial score (nSPS) is 12.2. The average molecular weight is 297 g/mol. The highest BCUT2D eigenvalue weighted by molar-refractivity contribution is 5.79. The average Bonchev–Trinajstić information content (AvgIpc) is 2.47. The predicted octanol–water partition coefficient (Wildman–Crippen LogP) is 1.92. The van der Waals surface area contributed by atoms with Crippen molar-refractivity contribution in [1.29, 1.82) is 0 Å². The molecule has 21 heavy (non-hydrogen) atoms. The Morgan fingerprint density at radius 1 is 1.29 bits per heavy atom. The fraction of sp³-hybridized carbons (Fsp3) is 0.533. The van der Waals surface area contributed by atoms with Crippen LogP contribution in [0.15, 0.2) is 23.2 Å². The van der Waals surface area contributed by atoms with Gasteiger partial charge < -0.3 is 20.1 Å². The molecule has 5 nitrogen and oxygen atoms in total. The molecule has 1 aromatic carbocycles. The van der Waals surface area contributed by atoms with Gasteiger partial charge in [-0.15, -0.1) is 0 Å². The first-order chi connectivity index (χ1) is 9.91. The van der Waals surface area contributed by atoms with Gasteiger partial charge in [-0.25, -0.2) is 4.39 Å². The van der Waals surface area contributed by atoms with Crippen LogP contribution in [0.4, 0.5) is 4.39 Å². The molecule has 1 rings (SSSR count). The number of hydrogen-bond donors (Lipinski definition) is 2. The van der Waals surface area contributed by atoms with Crippen LogP contribution >= 0.6 is 0 Å². The summed E-state index contributed by atoms with van der Waals surface area (Å²) in [6.07, 6.45) is 0. The van der Waals surface area contributed by atoms with Gasteiger partial charge in [0.15, 0.2) is 17.5 Å². The minimum absolute atomic E-state index is 0.239. The van der Waals surface area contributed by atoms with Crippen LogP contribution in [0.5, 0.6) is 5.75 Å². The number of ether oxygens (including phenoxy) is 2. The highest BCUT2D eigenvalue weighted by atomic mass is 19.1. The second-order valence-corrected chi connectivity index (χ2v) is 5.21. The van der Waals surface area contributed by atoms with Gasteiger partial charge in [-0.05, 0) is 31.5 Å². The maximum absolute atomic E-state index is 13.6. The minimum Gasteiger partial charge on any atom is -0.494 e. The Morgan fingerprint density at radius 3 is 2.52 bits per heavy atom. The maximum Gasteiger partial charge on any atom is 0.191 e. The Bertz CT molecular complexity index is 490. The molecular formula is C15H24FN3O2. The lowest BCUT2D eigenvalue weighted by molar-refractivity contribution is 0.0268. The molecule has 0 aliphatic carbocycles. The molecule has 0 radical (unpaired) electrons. The third-order valence-corrected chi connectivity index (χ3v) is 3.13. The number of hydrogen-bond acceptors (Lipinski definition) is 3. The third-order valence-electron chi connectivity index (χ3n) is 3.13. The predicted molar refractivity (Wildman–Crippen MR) is 82.2 cm³/mol. The summed E-state index contributed by atoms with van der Waals surface area (Å²) >= 11 is 0. The molecule has 0 unspecified atom stereocenters. The molecule has 0 atom stereocenters. The van der Waals surface area contributed by atoms with E-state index in [2.05, 4.69) is 15.6 Å². The molecule has 1 aromatic rings. The van der Waals surface area contributed by atoms with Crippen LogP contribution in [-0.4, -0.2) is 39.4 Å². The second kappa shape index (κ2) is 7.83. The van der Waals surface area contributed by atoms with Gasteiger partial charge in [0, 0.05) is 27.2 Å². The first kappa shape index (κ1) is 17.2. The highest BCUT2D eigenvalue weighted by Crippen LogP contribution is 2.17. The van der Waals surface area contributed by atoms with Gasteiger partial charge in [0.05, 0.1) is 12.7 Å². The molecule has 0 heterocycles. The molecule has 0 aliphatic rings. The Labute approximate surface area is 125 Å². The smallest absolute Gasteiger partial charge is 0.191 e. The zero-order valence-corrected chi connectivity index (χ0v) is 13.3. The molecular weight excluding hydrogens is 273 g/mol.